The van der Waals surface area contributed by atoms with Crippen molar-refractivity contribution in [3.63, 3.8) is 0 Å². The van der Waals surface area contributed by atoms with Gasteiger partial charge in [0.1, 0.15) is 23.3 Å². The summed E-state index contributed by atoms with van der Waals surface area (Å²) in [5.41, 5.74) is 1.87. The Balaban J connectivity index is 1.40. The summed E-state index contributed by atoms with van der Waals surface area (Å²) in [4.78, 5) is 20.4. The van der Waals surface area contributed by atoms with E-state index in [0.717, 1.165) is 67.2 Å². The Morgan fingerprint density at radius 2 is 1.76 bits per heavy atom. The van der Waals surface area contributed by atoms with Crippen LogP contribution in [0.4, 0.5) is 0 Å². The second-order valence-corrected chi connectivity index (χ2v) is 11.2. The molecule has 9 heteroatoms. The van der Waals surface area contributed by atoms with Gasteiger partial charge in [0.2, 0.25) is 5.91 Å². The van der Waals surface area contributed by atoms with Crippen LogP contribution in [0.25, 0.3) is 0 Å². The van der Waals surface area contributed by atoms with E-state index in [4.69, 9.17) is 9.47 Å². The Morgan fingerprint density at radius 3 is 2.38 bits per heavy atom. The summed E-state index contributed by atoms with van der Waals surface area (Å²) >= 11 is 0. The molecule has 1 amide bonds. The van der Waals surface area contributed by atoms with Gasteiger partial charge in [-0.1, -0.05) is 0 Å². The molecule has 8 nitrogen and oxygen atoms in total. The third-order valence-electron chi connectivity index (χ3n) is 7.28. The van der Waals surface area contributed by atoms with Crippen molar-refractivity contribution in [2.75, 3.05) is 74.2 Å². The fourth-order valence-electron chi connectivity index (χ4n) is 5.01. The highest BCUT2D eigenvalue weighted by molar-refractivity contribution is 7.82. The molecule has 192 valence electrons. The monoisotopic (exact) mass is 494 g/mol. The molecule has 0 N–H and O–H groups in total. The fraction of sp³-hybridized carbons (Fsp3) is 0.720. The predicted octanol–water partition coefficient (Wildman–Crippen LogP) is 1.91. The fourth-order valence-corrected chi connectivity index (χ4v) is 6.23. The summed E-state index contributed by atoms with van der Waals surface area (Å²) in [6.07, 6.45) is 3.27. The Labute approximate surface area is 207 Å². The number of nitrogens with zero attached hydrogens (tertiary/aromatic N) is 4. The van der Waals surface area contributed by atoms with Crippen molar-refractivity contribution in [1.82, 2.24) is 19.0 Å². The highest BCUT2D eigenvalue weighted by Crippen LogP contribution is 2.28. The number of ether oxygens (including phenoxy) is 2. The van der Waals surface area contributed by atoms with Gasteiger partial charge in [-0.3, -0.25) is 9.69 Å². The molecule has 34 heavy (non-hydrogen) atoms. The van der Waals surface area contributed by atoms with E-state index in [1.807, 2.05) is 45.0 Å². The number of benzene rings is 1. The van der Waals surface area contributed by atoms with E-state index >= 15 is 0 Å². The number of aryl methyl sites for hydroxylation is 2. The zero-order valence-corrected chi connectivity index (χ0v) is 22.5. The van der Waals surface area contributed by atoms with Gasteiger partial charge in [0.25, 0.3) is 0 Å². The molecule has 1 heterocycles. The van der Waals surface area contributed by atoms with Crippen LogP contribution in [-0.4, -0.2) is 115 Å². The van der Waals surface area contributed by atoms with E-state index in [9.17, 15) is 9.00 Å². The number of methoxy groups -OCH3 is 1. The molecule has 0 aromatic heterocycles. The number of rotatable bonds is 10. The molecule has 1 saturated carbocycles. The first-order valence-corrected chi connectivity index (χ1v) is 13.4. The molecule has 2 aliphatic rings. The van der Waals surface area contributed by atoms with Crippen LogP contribution in [0.2, 0.25) is 0 Å². The Morgan fingerprint density at radius 1 is 1.12 bits per heavy atom. The van der Waals surface area contributed by atoms with Crippen molar-refractivity contribution >= 4 is 16.9 Å². The average Bonchev–Trinajstić information content (AvgIpc) is 3.31. The van der Waals surface area contributed by atoms with Crippen molar-refractivity contribution in [1.29, 1.82) is 0 Å². The molecule has 1 aliphatic heterocycles. The number of carbonyl (C=O) groups excluding carboxylic acids is 1. The molecule has 3 rings (SSSR count). The molecule has 0 spiro atoms. The number of hydrogen-bond donors (Lipinski definition) is 0. The van der Waals surface area contributed by atoms with Gasteiger partial charge in [-0.2, -0.15) is 0 Å². The molecule has 0 radical (unpaired) electrons. The first-order valence-electron chi connectivity index (χ1n) is 12.3. The summed E-state index contributed by atoms with van der Waals surface area (Å²) in [7, 11) is 6.22. The van der Waals surface area contributed by atoms with Gasteiger partial charge in [-0.15, -0.1) is 0 Å². The number of carbonyl (C=O) groups is 1. The van der Waals surface area contributed by atoms with Crippen LogP contribution in [-0.2, 0) is 20.5 Å². The quantitative estimate of drug-likeness (QED) is 0.463. The minimum atomic E-state index is -1.30. The maximum atomic E-state index is 13.0. The van der Waals surface area contributed by atoms with Gasteiger partial charge in [0, 0.05) is 58.9 Å². The van der Waals surface area contributed by atoms with E-state index < -0.39 is 11.0 Å². The Hall–Kier alpha value is -1.52. The van der Waals surface area contributed by atoms with E-state index in [-0.39, 0.29) is 18.6 Å². The van der Waals surface area contributed by atoms with E-state index in [1.54, 1.807) is 11.4 Å². The third-order valence-corrected chi connectivity index (χ3v) is 9.02. The summed E-state index contributed by atoms with van der Waals surface area (Å²) in [5, 5.41) is 0. The minimum absolute atomic E-state index is 0.0228. The second kappa shape index (κ2) is 12.4. The lowest BCUT2D eigenvalue weighted by molar-refractivity contribution is -0.136. The van der Waals surface area contributed by atoms with Crippen molar-refractivity contribution in [2.24, 2.45) is 0 Å². The normalized spacial score (nSPS) is 22.8. The van der Waals surface area contributed by atoms with Crippen LogP contribution in [0.1, 0.15) is 30.4 Å². The molecule has 2 unspecified atom stereocenters. The van der Waals surface area contributed by atoms with Crippen LogP contribution in [0.3, 0.4) is 0 Å². The van der Waals surface area contributed by atoms with Crippen molar-refractivity contribution in [3.8, 4) is 5.75 Å². The SMILES string of the molecule is COc1cc(C)c(S(=O)N(C)CCOCC(=O)N(C)C2CC[C@H](N3CCN(C)CC3)C2)c(C)c1. The van der Waals surface area contributed by atoms with Crippen LogP contribution < -0.4 is 4.74 Å². The Bertz CT molecular complexity index is 836. The largest absolute Gasteiger partial charge is 0.497 e. The van der Waals surface area contributed by atoms with Gasteiger partial charge < -0.3 is 19.3 Å². The van der Waals surface area contributed by atoms with Gasteiger partial charge in [0.15, 0.2) is 0 Å². The molecular weight excluding hydrogens is 452 g/mol. The minimum Gasteiger partial charge on any atom is -0.497 e. The standard InChI is InChI=1S/C25H42N4O4S/c1-19-15-23(32-6)16-20(2)25(19)34(31)27(4)13-14-33-18-24(30)28(5)21-7-8-22(17-21)29-11-9-26(3)10-12-29/h15-16,21-22H,7-14,17-18H2,1-6H3/t21?,22-,34?/m0/s1. The van der Waals surface area contributed by atoms with E-state index in [0.29, 0.717) is 19.2 Å². The second-order valence-electron chi connectivity index (χ2n) is 9.71. The molecule has 1 aliphatic carbocycles. The summed E-state index contributed by atoms with van der Waals surface area (Å²) < 4.78 is 25.8. The zero-order valence-electron chi connectivity index (χ0n) is 21.7. The lowest BCUT2D eigenvalue weighted by Gasteiger charge is -2.36. The summed E-state index contributed by atoms with van der Waals surface area (Å²) in [5.74, 6) is 0.788. The van der Waals surface area contributed by atoms with E-state index in [2.05, 4.69) is 16.8 Å². The van der Waals surface area contributed by atoms with Crippen LogP contribution in [0, 0.1) is 13.8 Å². The van der Waals surface area contributed by atoms with Crippen LogP contribution >= 0.6 is 0 Å². The smallest absolute Gasteiger partial charge is 0.248 e. The topological polar surface area (TPSA) is 65.6 Å². The van der Waals surface area contributed by atoms with Gasteiger partial charge in [-0.05, 0) is 63.4 Å². The summed E-state index contributed by atoms with van der Waals surface area (Å²) in [6, 6.07) is 4.67. The van der Waals surface area contributed by atoms with Crippen LogP contribution in [0.5, 0.6) is 5.75 Å². The molecular formula is C25H42N4O4S. The first kappa shape index (κ1) is 27.1. The summed E-state index contributed by atoms with van der Waals surface area (Å²) in [6.45, 7) is 9.28. The third kappa shape index (κ3) is 6.79. The van der Waals surface area contributed by atoms with Crippen molar-refractivity contribution in [2.45, 2.75) is 50.1 Å². The molecule has 0 bridgehead atoms. The maximum absolute atomic E-state index is 13.0. The molecule has 1 aromatic carbocycles. The van der Waals surface area contributed by atoms with Gasteiger partial charge >= 0.3 is 0 Å². The number of piperazine rings is 1. The molecule has 2 fully saturated rings. The first-order chi connectivity index (χ1) is 16.2. The van der Waals surface area contributed by atoms with E-state index in [1.165, 1.54) is 0 Å². The Kier molecular flexibility index (Phi) is 9.91. The average molecular weight is 495 g/mol. The molecule has 1 aromatic rings. The van der Waals surface area contributed by atoms with Crippen molar-refractivity contribution in [3.05, 3.63) is 23.3 Å². The highest BCUT2D eigenvalue weighted by Gasteiger charge is 2.34. The van der Waals surface area contributed by atoms with Gasteiger partial charge in [0.05, 0.1) is 18.6 Å². The lowest BCUT2D eigenvalue weighted by Crippen LogP contribution is -2.48. The number of hydrogen-bond acceptors (Lipinski definition) is 6. The zero-order chi connectivity index (χ0) is 24.8. The number of likely N-dealkylation sites (N-methyl/N-ethyl adjacent to an activating group) is 3. The van der Waals surface area contributed by atoms with Gasteiger partial charge in [-0.25, -0.2) is 8.51 Å². The maximum Gasteiger partial charge on any atom is 0.248 e. The van der Waals surface area contributed by atoms with Crippen molar-refractivity contribution < 1.29 is 18.5 Å². The highest BCUT2D eigenvalue weighted by atomic mass is 32.2. The number of amides is 1. The predicted molar refractivity (Wildman–Crippen MR) is 136 cm³/mol. The molecule has 3 atom stereocenters. The molecule has 1 saturated heterocycles. The van der Waals surface area contributed by atoms with Crippen LogP contribution in [0.15, 0.2) is 17.0 Å². The lowest BCUT2D eigenvalue weighted by atomic mass is 10.1.